The lowest BCUT2D eigenvalue weighted by molar-refractivity contribution is -0.142. The molecule has 0 amide bonds. The van der Waals surface area contributed by atoms with Crippen molar-refractivity contribution in [2.75, 3.05) is 19.0 Å². The lowest BCUT2D eigenvalue weighted by Crippen LogP contribution is -2.12. The zero-order valence-corrected chi connectivity index (χ0v) is 12.3. The van der Waals surface area contributed by atoms with Crippen molar-refractivity contribution in [3.63, 3.8) is 0 Å². The molecule has 0 aromatic heterocycles. The molecule has 0 unspecified atom stereocenters. The van der Waals surface area contributed by atoms with Gasteiger partial charge in [0.2, 0.25) is 0 Å². The molecule has 0 bridgehead atoms. The van der Waals surface area contributed by atoms with Gasteiger partial charge in [0.15, 0.2) is 6.61 Å². The Kier molecular flexibility index (Phi) is 5.21. The van der Waals surface area contributed by atoms with Gasteiger partial charge in [0.05, 0.1) is 7.11 Å². The zero-order chi connectivity index (χ0) is 15.1. The summed E-state index contributed by atoms with van der Waals surface area (Å²) in [6.07, 6.45) is 0. The molecule has 0 aliphatic carbocycles. The number of hydrogen-bond donors (Lipinski definition) is 1. The highest BCUT2D eigenvalue weighted by Gasteiger charge is 2.01. The molecule has 0 atom stereocenters. The summed E-state index contributed by atoms with van der Waals surface area (Å²) in [6, 6.07) is 15.9. The molecular formula is C17H19NO3. The second-order valence-electron chi connectivity index (χ2n) is 4.73. The molecule has 0 saturated heterocycles. The molecule has 0 aliphatic heterocycles. The molecule has 4 nitrogen and oxygen atoms in total. The minimum atomic E-state index is -0.392. The molecule has 0 aliphatic rings. The quantitative estimate of drug-likeness (QED) is 0.828. The van der Waals surface area contributed by atoms with Crippen molar-refractivity contribution in [1.29, 1.82) is 0 Å². The van der Waals surface area contributed by atoms with E-state index in [2.05, 4.69) is 41.2 Å². The Hall–Kier alpha value is -2.49. The molecule has 0 saturated carbocycles. The number of hydrogen-bond acceptors (Lipinski definition) is 4. The van der Waals surface area contributed by atoms with Gasteiger partial charge in [-0.1, -0.05) is 29.8 Å². The van der Waals surface area contributed by atoms with Crippen LogP contribution >= 0.6 is 0 Å². The molecule has 2 rings (SSSR count). The van der Waals surface area contributed by atoms with Crippen LogP contribution in [0.2, 0.25) is 0 Å². The van der Waals surface area contributed by atoms with Gasteiger partial charge in [-0.15, -0.1) is 0 Å². The van der Waals surface area contributed by atoms with Crippen LogP contribution in [0.3, 0.4) is 0 Å². The van der Waals surface area contributed by atoms with Gasteiger partial charge in [-0.05, 0) is 36.8 Å². The van der Waals surface area contributed by atoms with Crippen molar-refractivity contribution in [2.24, 2.45) is 0 Å². The fourth-order valence-electron chi connectivity index (χ4n) is 1.78. The molecule has 4 heteroatoms. The highest BCUT2D eigenvalue weighted by atomic mass is 16.6. The third-order valence-corrected chi connectivity index (χ3v) is 3.06. The Labute approximate surface area is 124 Å². The first-order chi connectivity index (χ1) is 10.2. The number of benzene rings is 2. The largest absolute Gasteiger partial charge is 0.482 e. The molecular weight excluding hydrogens is 266 g/mol. The maximum Gasteiger partial charge on any atom is 0.343 e. The number of esters is 1. The first-order valence-corrected chi connectivity index (χ1v) is 6.76. The fourth-order valence-corrected chi connectivity index (χ4v) is 1.78. The molecule has 0 radical (unpaired) electrons. The van der Waals surface area contributed by atoms with Crippen LogP contribution < -0.4 is 10.1 Å². The predicted octanol–water partition coefficient (Wildman–Crippen LogP) is 3.16. The average molecular weight is 285 g/mol. The van der Waals surface area contributed by atoms with E-state index in [0.29, 0.717) is 5.75 Å². The standard InChI is InChI=1S/C17H19NO3/c1-13-3-5-14(6-4-13)11-18-15-7-9-16(10-8-15)21-12-17(19)20-2/h3-10,18H,11-12H2,1-2H3. The molecule has 21 heavy (non-hydrogen) atoms. The Morgan fingerprint density at radius 1 is 1.05 bits per heavy atom. The van der Waals surface area contributed by atoms with Crippen molar-refractivity contribution in [2.45, 2.75) is 13.5 Å². The van der Waals surface area contributed by atoms with Crippen molar-refractivity contribution < 1.29 is 14.3 Å². The summed E-state index contributed by atoms with van der Waals surface area (Å²) < 4.78 is 9.80. The maximum absolute atomic E-state index is 11.0. The van der Waals surface area contributed by atoms with Crippen LogP contribution in [0.15, 0.2) is 48.5 Å². The Balaban J connectivity index is 1.84. The molecule has 2 aromatic carbocycles. The minimum absolute atomic E-state index is 0.0767. The maximum atomic E-state index is 11.0. The van der Waals surface area contributed by atoms with Gasteiger partial charge in [0.1, 0.15) is 5.75 Å². The van der Waals surface area contributed by atoms with E-state index in [9.17, 15) is 4.79 Å². The summed E-state index contributed by atoms with van der Waals surface area (Å²) in [6.45, 7) is 2.76. The number of carbonyl (C=O) groups is 1. The smallest absolute Gasteiger partial charge is 0.343 e. The zero-order valence-electron chi connectivity index (χ0n) is 12.3. The Morgan fingerprint density at radius 2 is 1.71 bits per heavy atom. The van der Waals surface area contributed by atoms with E-state index in [1.54, 1.807) is 0 Å². The van der Waals surface area contributed by atoms with Crippen LogP contribution in [0.5, 0.6) is 5.75 Å². The van der Waals surface area contributed by atoms with Crippen LogP contribution in [0.25, 0.3) is 0 Å². The summed E-state index contributed by atoms with van der Waals surface area (Å²) in [7, 11) is 1.34. The summed E-state index contributed by atoms with van der Waals surface area (Å²) in [4.78, 5) is 11.0. The number of rotatable bonds is 6. The first kappa shape index (κ1) is 14.9. The number of ether oxygens (including phenoxy) is 2. The molecule has 0 spiro atoms. The van der Waals surface area contributed by atoms with E-state index in [4.69, 9.17) is 4.74 Å². The van der Waals surface area contributed by atoms with Crippen LogP contribution in [0.4, 0.5) is 5.69 Å². The van der Waals surface area contributed by atoms with E-state index < -0.39 is 5.97 Å². The normalized spacial score (nSPS) is 10.0. The van der Waals surface area contributed by atoms with Crippen LogP contribution in [0, 0.1) is 6.92 Å². The number of aryl methyl sites for hydroxylation is 1. The number of nitrogens with one attached hydrogen (secondary N) is 1. The highest BCUT2D eigenvalue weighted by molar-refractivity contribution is 5.70. The summed E-state index contributed by atoms with van der Waals surface area (Å²) in [5.74, 6) is 0.248. The van der Waals surface area contributed by atoms with Crippen molar-refractivity contribution in [3.05, 3.63) is 59.7 Å². The first-order valence-electron chi connectivity index (χ1n) is 6.76. The van der Waals surface area contributed by atoms with Gasteiger partial charge in [-0.2, -0.15) is 0 Å². The van der Waals surface area contributed by atoms with Crippen LogP contribution in [0.1, 0.15) is 11.1 Å². The van der Waals surface area contributed by atoms with Gasteiger partial charge in [-0.25, -0.2) is 4.79 Å². The summed E-state index contributed by atoms with van der Waals surface area (Å²) in [5, 5.41) is 3.34. The van der Waals surface area contributed by atoms with Gasteiger partial charge < -0.3 is 14.8 Å². The summed E-state index contributed by atoms with van der Waals surface area (Å²) >= 11 is 0. The summed E-state index contributed by atoms with van der Waals surface area (Å²) in [5.41, 5.74) is 3.48. The third-order valence-electron chi connectivity index (χ3n) is 3.06. The SMILES string of the molecule is COC(=O)COc1ccc(NCc2ccc(C)cc2)cc1. The topological polar surface area (TPSA) is 47.6 Å². The van der Waals surface area contributed by atoms with Crippen LogP contribution in [-0.2, 0) is 16.1 Å². The van der Waals surface area contributed by atoms with E-state index in [1.165, 1.54) is 18.2 Å². The van der Waals surface area contributed by atoms with Gasteiger partial charge in [-0.3, -0.25) is 0 Å². The van der Waals surface area contributed by atoms with Gasteiger partial charge >= 0.3 is 5.97 Å². The van der Waals surface area contributed by atoms with Crippen molar-refractivity contribution >= 4 is 11.7 Å². The molecule has 0 fully saturated rings. The van der Waals surface area contributed by atoms with E-state index >= 15 is 0 Å². The van der Waals surface area contributed by atoms with Gasteiger partial charge in [0, 0.05) is 12.2 Å². The Bertz CT molecular complexity index is 576. The lowest BCUT2D eigenvalue weighted by Gasteiger charge is -2.09. The van der Waals surface area contributed by atoms with Crippen molar-refractivity contribution in [1.82, 2.24) is 0 Å². The third kappa shape index (κ3) is 4.84. The number of anilines is 1. The monoisotopic (exact) mass is 285 g/mol. The second kappa shape index (κ2) is 7.33. The molecule has 2 aromatic rings. The molecule has 0 heterocycles. The highest BCUT2D eigenvalue weighted by Crippen LogP contribution is 2.16. The minimum Gasteiger partial charge on any atom is -0.482 e. The number of carbonyl (C=O) groups excluding carboxylic acids is 1. The van der Waals surface area contributed by atoms with E-state index in [-0.39, 0.29) is 6.61 Å². The van der Waals surface area contributed by atoms with E-state index in [1.807, 2.05) is 24.3 Å². The predicted molar refractivity (Wildman–Crippen MR) is 82.5 cm³/mol. The lowest BCUT2D eigenvalue weighted by atomic mass is 10.1. The fraction of sp³-hybridized carbons (Fsp3) is 0.235. The number of methoxy groups -OCH3 is 1. The van der Waals surface area contributed by atoms with E-state index in [0.717, 1.165) is 12.2 Å². The average Bonchev–Trinajstić information content (AvgIpc) is 2.53. The second-order valence-corrected chi connectivity index (χ2v) is 4.73. The van der Waals surface area contributed by atoms with Crippen molar-refractivity contribution in [3.8, 4) is 5.75 Å². The molecule has 1 N–H and O–H groups in total. The van der Waals surface area contributed by atoms with Crippen LogP contribution in [-0.4, -0.2) is 19.7 Å². The Morgan fingerprint density at radius 3 is 2.33 bits per heavy atom. The molecule has 110 valence electrons. The van der Waals surface area contributed by atoms with Gasteiger partial charge in [0.25, 0.3) is 0 Å².